The van der Waals surface area contributed by atoms with Crippen LogP contribution in [0.1, 0.15) is 38.2 Å². The Hall–Kier alpha value is -2.41. The van der Waals surface area contributed by atoms with Gasteiger partial charge in [0.15, 0.2) is 0 Å². The fraction of sp³-hybridized carbons (Fsp3) is 0.609. The van der Waals surface area contributed by atoms with Gasteiger partial charge in [0.2, 0.25) is 5.91 Å². The fourth-order valence-corrected chi connectivity index (χ4v) is 5.22. The monoisotopic (exact) mass is 412 g/mol. The van der Waals surface area contributed by atoms with Crippen molar-refractivity contribution in [1.29, 1.82) is 0 Å². The number of likely N-dealkylation sites (N-methyl/N-ethyl adjacent to an activating group) is 1. The standard InChI is InChI=1S/C23H32N4O3/c1-3-26-21(29)23(27(22(26)30)17-18-7-5-4-6-8-18)10-13-25(14-11-23)20(28)15-19-9-12-24(2)16-19/h4-8,19H,3,9-17H2,1-2H3. The minimum absolute atomic E-state index is 0.101. The number of benzene rings is 1. The predicted molar refractivity (Wildman–Crippen MR) is 114 cm³/mol. The number of urea groups is 1. The molecule has 0 N–H and O–H groups in total. The highest BCUT2D eigenvalue weighted by Gasteiger charge is 2.57. The van der Waals surface area contributed by atoms with Crippen molar-refractivity contribution in [3.8, 4) is 0 Å². The highest BCUT2D eigenvalue weighted by atomic mass is 16.2. The molecule has 0 saturated carbocycles. The summed E-state index contributed by atoms with van der Waals surface area (Å²) in [6.07, 6.45) is 2.68. The molecular formula is C23H32N4O3. The predicted octanol–water partition coefficient (Wildman–Crippen LogP) is 2.17. The van der Waals surface area contributed by atoms with E-state index in [0.29, 0.717) is 51.4 Å². The van der Waals surface area contributed by atoms with Gasteiger partial charge in [-0.3, -0.25) is 14.5 Å². The summed E-state index contributed by atoms with van der Waals surface area (Å²) in [4.78, 5) is 46.4. The van der Waals surface area contributed by atoms with Crippen molar-refractivity contribution in [3.05, 3.63) is 35.9 Å². The summed E-state index contributed by atoms with van der Waals surface area (Å²) in [5.41, 5.74) is 0.188. The molecule has 3 fully saturated rings. The number of carbonyl (C=O) groups excluding carboxylic acids is 3. The van der Waals surface area contributed by atoms with Crippen LogP contribution in [0.5, 0.6) is 0 Å². The van der Waals surface area contributed by atoms with Gasteiger partial charge in [-0.25, -0.2) is 4.79 Å². The van der Waals surface area contributed by atoms with Crippen molar-refractivity contribution >= 4 is 17.8 Å². The molecule has 0 aliphatic carbocycles. The largest absolute Gasteiger partial charge is 0.342 e. The zero-order chi connectivity index (χ0) is 21.3. The number of imide groups is 1. The number of likely N-dealkylation sites (tertiary alicyclic amines) is 2. The van der Waals surface area contributed by atoms with Gasteiger partial charge in [-0.05, 0) is 51.3 Å². The van der Waals surface area contributed by atoms with Crippen LogP contribution < -0.4 is 0 Å². The maximum Gasteiger partial charge on any atom is 0.327 e. The molecule has 1 aromatic carbocycles. The Kier molecular flexibility index (Phi) is 5.82. The van der Waals surface area contributed by atoms with Crippen LogP contribution in [0.4, 0.5) is 4.79 Å². The lowest BCUT2D eigenvalue weighted by Gasteiger charge is -2.42. The minimum Gasteiger partial charge on any atom is -0.342 e. The lowest BCUT2D eigenvalue weighted by Crippen LogP contribution is -2.57. The van der Waals surface area contributed by atoms with Crippen molar-refractivity contribution in [1.82, 2.24) is 19.6 Å². The van der Waals surface area contributed by atoms with E-state index in [2.05, 4.69) is 11.9 Å². The summed E-state index contributed by atoms with van der Waals surface area (Å²) >= 11 is 0. The van der Waals surface area contributed by atoms with Gasteiger partial charge in [-0.2, -0.15) is 0 Å². The van der Waals surface area contributed by atoms with Crippen molar-refractivity contribution in [2.24, 2.45) is 5.92 Å². The normalized spacial score (nSPS) is 24.3. The highest BCUT2D eigenvalue weighted by molar-refractivity contribution is 6.07. The molecular weight excluding hydrogens is 380 g/mol. The van der Waals surface area contributed by atoms with Crippen molar-refractivity contribution in [2.75, 3.05) is 39.8 Å². The summed E-state index contributed by atoms with van der Waals surface area (Å²) in [5, 5.41) is 0. The topological polar surface area (TPSA) is 64.2 Å². The number of piperidine rings is 1. The van der Waals surface area contributed by atoms with Crippen LogP contribution in [0.25, 0.3) is 0 Å². The Morgan fingerprint density at radius 2 is 1.80 bits per heavy atom. The summed E-state index contributed by atoms with van der Waals surface area (Å²) in [6, 6.07) is 9.60. The van der Waals surface area contributed by atoms with Gasteiger partial charge in [0.1, 0.15) is 5.54 Å². The van der Waals surface area contributed by atoms with E-state index in [1.165, 1.54) is 4.90 Å². The lowest BCUT2D eigenvalue weighted by molar-refractivity contribution is -0.141. The molecule has 162 valence electrons. The van der Waals surface area contributed by atoms with Gasteiger partial charge < -0.3 is 14.7 Å². The van der Waals surface area contributed by atoms with E-state index < -0.39 is 5.54 Å². The minimum atomic E-state index is -0.826. The van der Waals surface area contributed by atoms with E-state index in [-0.39, 0.29) is 17.8 Å². The molecule has 3 heterocycles. The molecule has 1 spiro atoms. The van der Waals surface area contributed by atoms with Crippen LogP contribution in [0.2, 0.25) is 0 Å². The molecule has 1 atom stereocenters. The van der Waals surface area contributed by atoms with Crippen LogP contribution in [-0.2, 0) is 16.1 Å². The van der Waals surface area contributed by atoms with Gasteiger partial charge in [0.25, 0.3) is 5.91 Å². The Morgan fingerprint density at radius 3 is 2.40 bits per heavy atom. The van der Waals surface area contributed by atoms with Crippen LogP contribution in [0.15, 0.2) is 30.3 Å². The van der Waals surface area contributed by atoms with Crippen LogP contribution in [-0.4, -0.2) is 82.8 Å². The first kappa shape index (κ1) is 20.8. The molecule has 1 unspecified atom stereocenters. The van der Waals surface area contributed by atoms with Crippen LogP contribution in [0, 0.1) is 5.92 Å². The zero-order valence-electron chi connectivity index (χ0n) is 18.0. The smallest absolute Gasteiger partial charge is 0.327 e. The quantitative estimate of drug-likeness (QED) is 0.696. The Bertz CT molecular complexity index is 804. The van der Waals surface area contributed by atoms with Crippen LogP contribution in [0.3, 0.4) is 0 Å². The first-order valence-corrected chi connectivity index (χ1v) is 11.1. The summed E-state index contributed by atoms with van der Waals surface area (Å²) in [6.45, 7) is 5.73. The Morgan fingerprint density at radius 1 is 1.10 bits per heavy atom. The molecule has 0 bridgehead atoms. The molecule has 0 radical (unpaired) electrons. The third kappa shape index (κ3) is 3.71. The van der Waals surface area contributed by atoms with E-state index in [1.807, 2.05) is 42.2 Å². The number of hydrogen-bond acceptors (Lipinski definition) is 4. The second-order valence-electron chi connectivity index (χ2n) is 8.94. The summed E-state index contributed by atoms with van der Waals surface area (Å²) < 4.78 is 0. The molecule has 30 heavy (non-hydrogen) atoms. The summed E-state index contributed by atoms with van der Waals surface area (Å²) in [7, 11) is 2.10. The van der Waals surface area contributed by atoms with Gasteiger partial charge in [0, 0.05) is 39.1 Å². The van der Waals surface area contributed by atoms with Crippen molar-refractivity contribution < 1.29 is 14.4 Å². The van der Waals surface area contributed by atoms with E-state index in [9.17, 15) is 14.4 Å². The van der Waals surface area contributed by atoms with Crippen molar-refractivity contribution in [2.45, 2.75) is 44.7 Å². The average molecular weight is 413 g/mol. The molecule has 3 saturated heterocycles. The Balaban J connectivity index is 1.47. The van der Waals surface area contributed by atoms with Crippen LogP contribution >= 0.6 is 0 Å². The number of carbonyl (C=O) groups is 3. The first-order valence-electron chi connectivity index (χ1n) is 11.1. The maximum absolute atomic E-state index is 13.3. The van der Waals surface area contributed by atoms with Gasteiger partial charge in [0.05, 0.1) is 0 Å². The number of nitrogens with zero attached hydrogens (tertiary/aromatic N) is 4. The lowest BCUT2D eigenvalue weighted by atomic mass is 9.85. The second-order valence-corrected chi connectivity index (χ2v) is 8.94. The highest BCUT2D eigenvalue weighted by Crippen LogP contribution is 2.38. The number of amides is 4. The third-order valence-corrected chi connectivity index (χ3v) is 7.02. The molecule has 4 rings (SSSR count). The maximum atomic E-state index is 13.3. The molecule has 7 nitrogen and oxygen atoms in total. The molecule has 0 aromatic heterocycles. The SMILES string of the molecule is CCN1C(=O)N(Cc2ccccc2)C2(CCN(C(=O)CC3CCN(C)C3)CC2)C1=O. The van der Waals surface area contributed by atoms with Gasteiger partial charge >= 0.3 is 6.03 Å². The van der Waals surface area contributed by atoms with Gasteiger partial charge in [-0.15, -0.1) is 0 Å². The first-order chi connectivity index (χ1) is 14.4. The summed E-state index contributed by atoms with van der Waals surface area (Å²) in [5.74, 6) is 0.512. The number of rotatable bonds is 5. The Labute approximate surface area is 178 Å². The molecule has 3 aliphatic heterocycles. The van der Waals surface area contributed by atoms with E-state index >= 15 is 0 Å². The second kappa shape index (κ2) is 8.38. The van der Waals surface area contributed by atoms with E-state index in [1.54, 1.807) is 4.90 Å². The van der Waals surface area contributed by atoms with Gasteiger partial charge in [-0.1, -0.05) is 30.3 Å². The fourth-order valence-electron chi connectivity index (χ4n) is 5.22. The van der Waals surface area contributed by atoms with E-state index in [0.717, 1.165) is 25.1 Å². The number of hydrogen-bond donors (Lipinski definition) is 0. The van der Waals surface area contributed by atoms with Crippen molar-refractivity contribution in [3.63, 3.8) is 0 Å². The van der Waals surface area contributed by atoms with E-state index in [4.69, 9.17) is 0 Å². The zero-order valence-corrected chi connectivity index (χ0v) is 18.0. The molecule has 3 aliphatic rings. The molecule has 1 aromatic rings. The third-order valence-electron chi connectivity index (χ3n) is 7.02. The molecule has 7 heteroatoms. The average Bonchev–Trinajstić information content (AvgIpc) is 3.24. The molecule has 4 amide bonds.